The highest BCUT2D eigenvalue weighted by atomic mass is 16.5. The number of aliphatic hydroxyl groups is 1. The number of carbonyl (C=O) groups excluding carboxylic acids is 1. The summed E-state index contributed by atoms with van der Waals surface area (Å²) in [5, 5.41) is 9.78. The molecule has 27 heavy (non-hydrogen) atoms. The predicted molar refractivity (Wildman–Crippen MR) is 108 cm³/mol. The van der Waals surface area contributed by atoms with Crippen molar-refractivity contribution in [1.29, 1.82) is 0 Å². The maximum absolute atomic E-state index is 13.1. The third-order valence-corrected chi connectivity index (χ3v) is 4.85. The molecule has 0 saturated heterocycles. The number of rotatable bonds is 7. The summed E-state index contributed by atoms with van der Waals surface area (Å²) < 4.78 is 5.19. The average molecular weight is 362 g/mol. The second-order valence-corrected chi connectivity index (χ2v) is 6.35. The van der Waals surface area contributed by atoms with E-state index in [1.54, 1.807) is 7.11 Å². The van der Waals surface area contributed by atoms with Crippen molar-refractivity contribution in [3.8, 4) is 5.75 Å². The summed E-state index contributed by atoms with van der Waals surface area (Å²) in [4.78, 5) is 13.1. The Morgan fingerprint density at radius 1 is 0.852 bits per heavy atom. The summed E-state index contributed by atoms with van der Waals surface area (Å²) in [6.07, 6.45) is 0.680. The zero-order valence-electron chi connectivity index (χ0n) is 15.4. The molecule has 0 heterocycles. The summed E-state index contributed by atoms with van der Waals surface area (Å²) in [6.45, 7) is -0.00779. The topological polar surface area (TPSA) is 46.5 Å². The van der Waals surface area contributed by atoms with Gasteiger partial charge in [-0.3, -0.25) is 0 Å². The molecule has 4 heteroatoms. The van der Waals surface area contributed by atoms with Gasteiger partial charge in [-0.05, 0) is 17.7 Å². The molecule has 0 bridgehead atoms. The highest BCUT2D eigenvalue weighted by Gasteiger charge is 2.40. The largest absolute Gasteiger partial charge is 0.497 e. The second kappa shape index (κ2) is 8.62. The molecule has 0 aliphatic heterocycles. The van der Waals surface area contributed by atoms with Crippen molar-refractivity contribution < 1.29 is 14.6 Å². The molecule has 0 radical (unpaired) electrons. The minimum absolute atomic E-state index is 0.0236. The highest BCUT2D eigenvalue weighted by Crippen LogP contribution is 2.35. The van der Waals surface area contributed by atoms with E-state index in [-0.39, 0.29) is 10.4 Å². The van der Waals surface area contributed by atoms with E-state index in [9.17, 15) is 9.90 Å². The van der Waals surface area contributed by atoms with Crippen LogP contribution in [0, 0.1) is 0 Å². The van der Waals surface area contributed by atoms with Crippen molar-refractivity contribution >= 4 is 17.3 Å². The molecule has 0 saturated carbocycles. The van der Waals surface area contributed by atoms with Crippen LogP contribution in [-0.4, -0.2) is 31.3 Å². The van der Waals surface area contributed by atoms with Crippen LogP contribution in [0.3, 0.4) is 0 Å². The van der Waals surface area contributed by atoms with Crippen LogP contribution >= 0.6 is 0 Å². The Balaban J connectivity index is 2.04. The van der Waals surface area contributed by atoms with Crippen molar-refractivity contribution in [1.82, 2.24) is 4.48 Å². The Morgan fingerprint density at radius 3 is 1.81 bits per heavy atom. The molecule has 0 spiro atoms. The third kappa shape index (κ3) is 3.92. The van der Waals surface area contributed by atoms with Gasteiger partial charge in [-0.2, -0.15) is 4.48 Å². The zero-order valence-corrected chi connectivity index (χ0v) is 15.4. The lowest BCUT2D eigenvalue weighted by atomic mass is 10.1. The van der Waals surface area contributed by atoms with Gasteiger partial charge in [0.25, 0.3) is 0 Å². The smallest absolute Gasteiger partial charge is 0.349 e. The first-order valence-corrected chi connectivity index (χ1v) is 8.97. The van der Waals surface area contributed by atoms with Gasteiger partial charge < -0.3 is 9.84 Å². The van der Waals surface area contributed by atoms with Crippen molar-refractivity contribution in [2.75, 3.05) is 20.3 Å². The standard InChI is InChI=1S/C23H24NO3/c1-27-22-14-12-19(13-15-22)16-17-24(23(26)18-25,20-8-4-2-5-9-20)21-10-6-3-7-11-21/h2-15,25H,16-18H2,1H3/q+1. The van der Waals surface area contributed by atoms with Gasteiger partial charge in [0, 0.05) is 30.7 Å². The van der Waals surface area contributed by atoms with E-state index in [1.165, 1.54) is 0 Å². The molecular formula is C23H24NO3+. The van der Waals surface area contributed by atoms with Crippen LogP contribution in [0.1, 0.15) is 5.56 Å². The van der Waals surface area contributed by atoms with Crippen LogP contribution in [0.15, 0.2) is 84.9 Å². The summed E-state index contributed by atoms with van der Waals surface area (Å²) >= 11 is 0. The third-order valence-electron chi connectivity index (χ3n) is 4.85. The summed E-state index contributed by atoms with van der Waals surface area (Å²) in [6, 6.07) is 27.1. The Hall–Kier alpha value is -2.95. The molecule has 0 aliphatic carbocycles. The molecule has 3 rings (SSSR count). The normalized spacial score (nSPS) is 11.2. The number of benzene rings is 3. The Kier molecular flexibility index (Phi) is 6.01. The molecule has 0 fully saturated rings. The van der Waals surface area contributed by atoms with E-state index in [1.807, 2.05) is 84.9 Å². The van der Waals surface area contributed by atoms with Gasteiger partial charge in [0.05, 0.1) is 13.7 Å². The van der Waals surface area contributed by atoms with Gasteiger partial charge in [-0.25, -0.2) is 4.79 Å². The van der Waals surface area contributed by atoms with Crippen molar-refractivity contribution in [3.05, 3.63) is 90.5 Å². The summed E-state index contributed by atoms with van der Waals surface area (Å²) in [7, 11) is 1.64. The van der Waals surface area contributed by atoms with E-state index in [2.05, 4.69) is 0 Å². The molecule has 3 aromatic rings. The van der Waals surface area contributed by atoms with E-state index >= 15 is 0 Å². The molecule has 0 aromatic heterocycles. The number of hydrogen-bond acceptors (Lipinski definition) is 3. The average Bonchev–Trinajstić information content (AvgIpc) is 2.76. The molecule has 0 atom stereocenters. The molecule has 4 nitrogen and oxygen atoms in total. The van der Waals surface area contributed by atoms with Gasteiger partial charge in [0.1, 0.15) is 17.1 Å². The molecule has 0 unspecified atom stereocenters. The molecular weight excluding hydrogens is 338 g/mol. The van der Waals surface area contributed by atoms with Crippen molar-refractivity contribution in [2.45, 2.75) is 6.42 Å². The van der Waals surface area contributed by atoms with Gasteiger partial charge in [0.15, 0.2) is 6.61 Å². The lowest BCUT2D eigenvalue weighted by molar-refractivity contribution is -0.130. The number of quaternary nitrogens is 1. The fraction of sp³-hybridized carbons (Fsp3) is 0.174. The summed E-state index contributed by atoms with van der Waals surface area (Å²) in [5.41, 5.74) is 2.79. The number of ether oxygens (including phenoxy) is 1. The number of nitrogens with zero attached hydrogens (tertiary/aromatic N) is 1. The summed E-state index contributed by atoms with van der Waals surface area (Å²) in [5.74, 6) is 0.554. The number of methoxy groups -OCH3 is 1. The number of carbonyl (C=O) groups is 1. The molecule has 1 amide bonds. The number of para-hydroxylation sites is 2. The zero-order chi connectivity index (χ0) is 19.1. The van der Waals surface area contributed by atoms with Crippen molar-refractivity contribution in [2.24, 2.45) is 0 Å². The maximum atomic E-state index is 13.1. The molecule has 138 valence electrons. The minimum atomic E-state index is -0.521. The van der Waals surface area contributed by atoms with Crippen LogP contribution < -0.4 is 9.22 Å². The van der Waals surface area contributed by atoms with Gasteiger partial charge in [-0.1, -0.05) is 48.5 Å². The number of amides is 1. The van der Waals surface area contributed by atoms with Crippen LogP contribution in [0.4, 0.5) is 11.4 Å². The molecule has 0 aliphatic rings. The monoisotopic (exact) mass is 362 g/mol. The lowest BCUT2D eigenvalue weighted by Crippen LogP contribution is -2.52. The van der Waals surface area contributed by atoms with Gasteiger partial charge in [-0.15, -0.1) is 0 Å². The first-order chi connectivity index (χ1) is 13.2. The molecule has 3 aromatic carbocycles. The Labute approximate surface area is 159 Å². The second-order valence-electron chi connectivity index (χ2n) is 6.35. The predicted octanol–water partition coefficient (Wildman–Crippen LogP) is 4.10. The van der Waals surface area contributed by atoms with Crippen LogP contribution in [0.5, 0.6) is 5.75 Å². The van der Waals surface area contributed by atoms with Crippen molar-refractivity contribution in [3.63, 3.8) is 0 Å². The SMILES string of the molecule is COc1ccc(CC[N+](C(=O)CO)(c2ccccc2)c2ccccc2)cc1. The van der Waals surface area contributed by atoms with E-state index in [0.29, 0.717) is 13.0 Å². The van der Waals surface area contributed by atoms with Gasteiger partial charge in [0.2, 0.25) is 0 Å². The molecule has 1 N–H and O–H groups in total. The van der Waals surface area contributed by atoms with Crippen LogP contribution in [-0.2, 0) is 11.2 Å². The van der Waals surface area contributed by atoms with Gasteiger partial charge >= 0.3 is 5.91 Å². The Bertz CT molecular complexity index is 822. The number of aliphatic hydroxyl groups excluding tert-OH is 1. The first kappa shape index (κ1) is 18.8. The van der Waals surface area contributed by atoms with E-state index < -0.39 is 6.61 Å². The maximum Gasteiger partial charge on any atom is 0.349 e. The van der Waals surface area contributed by atoms with Crippen LogP contribution in [0.25, 0.3) is 0 Å². The fourth-order valence-electron chi connectivity index (χ4n) is 3.39. The first-order valence-electron chi connectivity index (χ1n) is 8.97. The van der Waals surface area contributed by atoms with Crippen LogP contribution in [0.2, 0.25) is 0 Å². The highest BCUT2D eigenvalue weighted by molar-refractivity contribution is 5.95. The minimum Gasteiger partial charge on any atom is -0.497 e. The van der Waals surface area contributed by atoms with E-state index in [4.69, 9.17) is 4.74 Å². The van der Waals surface area contributed by atoms with E-state index in [0.717, 1.165) is 22.7 Å². The number of hydrogen-bond donors (Lipinski definition) is 1. The fourth-order valence-corrected chi connectivity index (χ4v) is 3.39. The Morgan fingerprint density at radius 2 is 1.37 bits per heavy atom. The lowest BCUT2D eigenvalue weighted by Gasteiger charge is -2.34. The quantitative estimate of drug-likeness (QED) is 0.644.